The third-order valence-electron chi connectivity index (χ3n) is 10.6. The molecule has 0 aliphatic carbocycles. The summed E-state index contributed by atoms with van der Waals surface area (Å²) in [6.07, 6.45) is 37.1. The first-order valence-corrected chi connectivity index (χ1v) is 22.7. The number of ether oxygens (including phenoxy) is 4. The molecule has 0 amide bonds. The first-order valence-electron chi connectivity index (χ1n) is 22.7. The lowest BCUT2D eigenvalue weighted by Gasteiger charge is -2.30. The smallest absolute Gasteiger partial charge is 0.465 e. The molecule has 1 rings (SSSR count). The van der Waals surface area contributed by atoms with Crippen LogP contribution in [-0.2, 0) is 28.5 Å². The minimum atomic E-state index is -0.733. The molecule has 0 bridgehead atoms. The van der Waals surface area contributed by atoms with Crippen molar-refractivity contribution in [2.45, 2.75) is 188 Å². The van der Waals surface area contributed by atoms with Gasteiger partial charge in [-0.25, -0.2) is 9.59 Å². The molecule has 0 aromatic rings. The Hall–Kier alpha value is -2.61. The molecule has 1 fully saturated rings. The van der Waals surface area contributed by atoms with Gasteiger partial charge in [0.2, 0.25) is 0 Å². The molecular weight excluding hydrogens is 691 g/mol. The highest BCUT2D eigenvalue weighted by atomic mass is 16.7. The van der Waals surface area contributed by atoms with E-state index < -0.39 is 12.1 Å². The van der Waals surface area contributed by atoms with Gasteiger partial charge in [-0.1, -0.05) is 135 Å². The number of esters is 2. The lowest BCUT2D eigenvalue weighted by Crippen LogP contribution is -2.35. The standard InChI is InChI=1S/C47H83NO7/c1-5-9-12-15-16-17-18-19-20-21-22-23-24-26-29-32-45(49)52-39-44(41-55-47(51)54-38-43-33-35-48(8-4)36-34-43)40-53-46(50)37-42(30-27-14-11-7-3)31-28-25-13-10-6-2/h16-17,19-20,37,43-44H,5-15,18,21-36,38-41H2,1-4H3/b17-16-,20-19-,42-37+. The predicted octanol–water partition coefficient (Wildman–Crippen LogP) is 12.6. The summed E-state index contributed by atoms with van der Waals surface area (Å²) >= 11 is 0. The van der Waals surface area contributed by atoms with Crippen molar-refractivity contribution < 1.29 is 33.3 Å². The van der Waals surface area contributed by atoms with E-state index >= 15 is 0 Å². The fraction of sp³-hybridized carbons (Fsp3) is 0.809. The summed E-state index contributed by atoms with van der Waals surface area (Å²) in [5.74, 6) is -0.813. The SMILES string of the molecule is CCCCC/C=C\C/C=C\CCCCCCCC(=O)OCC(COC(=O)/C=C(\CCCCCC)CCCCCCC)COC(=O)OCC1CCN(CC)CC1. The molecule has 0 spiro atoms. The zero-order valence-corrected chi connectivity index (χ0v) is 36.0. The number of nitrogens with zero attached hydrogens (tertiary/aromatic N) is 1. The van der Waals surface area contributed by atoms with Gasteiger partial charge in [0.25, 0.3) is 0 Å². The number of carbonyl (C=O) groups excluding carboxylic acids is 3. The zero-order valence-electron chi connectivity index (χ0n) is 36.0. The molecule has 0 aromatic carbocycles. The van der Waals surface area contributed by atoms with Crippen LogP contribution in [0.4, 0.5) is 4.79 Å². The Morgan fingerprint density at radius 1 is 0.582 bits per heavy atom. The number of unbranched alkanes of at least 4 members (excludes halogenated alkanes) is 15. The van der Waals surface area contributed by atoms with Crippen LogP contribution in [0.15, 0.2) is 36.0 Å². The van der Waals surface area contributed by atoms with Crippen molar-refractivity contribution in [2.24, 2.45) is 11.8 Å². The molecule has 0 aromatic heterocycles. The third kappa shape index (κ3) is 31.2. The molecule has 1 aliphatic heterocycles. The van der Waals surface area contributed by atoms with Crippen LogP contribution in [0.25, 0.3) is 0 Å². The van der Waals surface area contributed by atoms with Crippen LogP contribution in [0.1, 0.15) is 188 Å². The topological polar surface area (TPSA) is 91.4 Å². The van der Waals surface area contributed by atoms with E-state index in [2.05, 4.69) is 56.9 Å². The van der Waals surface area contributed by atoms with Crippen molar-refractivity contribution in [3.05, 3.63) is 36.0 Å². The molecule has 318 valence electrons. The molecule has 1 heterocycles. The number of piperidine rings is 1. The second-order valence-electron chi connectivity index (χ2n) is 15.7. The highest BCUT2D eigenvalue weighted by Crippen LogP contribution is 2.20. The average Bonchev–Trinajstić information content (AvgIpc) is 3.19. The van der Waals surface area contributed by atoms with Gasteiger partial charge < -0.3 is 23.8 Å². The molecule has 1 unspecified atom stereocenters. The molecule has 0 N–H and O–H groups in total. The molecule has 1 aliphatic rings. The second kappa shape index (κ2) is 37.0. The monoisotopic (exact) mass is 774 g/mol. The Bertz CT molecular complexity index is 1030. The summed E-state index contributed by atoms with van der Waals surface area (Å²) < 4.78 is 22.2. The van der Waals surface area contributed by atoms with E-state index in [0.29, 0.717) is 18.9 Å². The zero-order chi connectivity index (χ0) is 40.0. The van der Waals surface area contributed by atoms with E-state index in [4.69, 9.17) is 18.9 Å². The van der Waals surface area contributed by atoms with E-state index in [1.165, 1.54) is 64.2 Å². The minimum absolute atomic E-state index is 0.00528. The Morgan fingerprint density at radius 2 is 1.09 bits per heavy atom. The van der Waals surface area contributed by atoms with Gasteiger partial charge in [-0.05, 0) is 103 Å². The van der Waals surface area contributed by atoms with Gasteiger partial charge in [-0.2, -0.15) is 0 Å². The summed E-state index contributed by atoms with van der Waals surface area (Å²) in [7, 11) is 0. The van der Waals surface area contributed by atoms with Crippen molar-refractivity contribution in [2.75, 3.05) is 46.1 Å². The van der Waals surface area contributed by atoms with Gasteiger partial charge in [0.15, 0.2) is 0 Å². The maximum absolute atomic E-state index is 13.0. The lowest BCUT2D eigenvalue weighted by molar-refractivity contribution is -0.148. The lowest BCUT2D eigenvalue weighted by atomic mass is 9.98. The molecule has 8 nitrogen and oxygen atoms in total. The van der Waals surface area contributed by atoms with Crippen molar-refractivity contribution in [3.8, 4) is 0 Å². The highest BCUT2D eigenvalue weighted by Gasteiger charge is 2.22. The van der Waals surface area contributed by atoms with Gasteiger partial charge in [-0.15, -0.1) is 0 Å². The van der Waals surface area contributed by atoms with Crippen LogP contribution in [-0.4, -0.2) is 69.1 Å². The van der Waals surface area contributed by atoms with E-state index in [-0.39, 0.29) is 31.8 Å². The van der Waals surface area contributed by atoms with Crippen LogP contribution in [0.2, 0.25) is 0 Å². The number of carbonyl (C=O) groups is 3. The van der Waals surface area contributed by atoms with Crippen molar-refractivity contribution in [1.29, 1.82) is 0 Å². The molecule has 1 atom stereocenters. The van der Waals surface area contributed by atoms with Gasteiger partial charge >= 0.3 is 18.1 Å². The normalized spacial score (nSPS) is 14.8. The number of likely N-dealkylation sites (tertiary alicyclic amines) is 1. The van der Waals surface area contributed by atoms with Crippen LogP contribution in [0.5, 0.6) is 0 Å². The van der Waals surface area contributed by atoms with E-state index in [1.54, 1.807) is 6.08 Å². The third-order valence-corrected chi connectivity index (χ3v) is 10.6. The van der Waals surface area contributed by atoms with Crippen LogP contribution < -0.4 is 0 Å². The quantitative estimate of drug-likeness (QED) is 0.0207. The van der Waals surface area contributed by atoms with Crippen molar-refractivity contribution in [1.82, 2.24) is 4.90 Å². The fourth-order valence-electron chi connectivity index (χ4n) is 6.80. The van der Waals surface area contributed by atoms with Crippen LogP contribution >= 0.6 is 0 Å². The van der Waals surface area contributed by atoms with Crippen LogP contribution in [0, 0.1) is 11.8 Å². The van der Waals surface area contributed by atoms with Gasteiger partial charge in [0.1, 0.15) is 19.8 Å². The number of hydrogen-bond donors (Lipinski definition) is 0. The Kier molecular flexibility index (Phi) is 33.9. The fourth-order valence-corrected chi connectivity index (χ4v) is 6.80. The molecular formula is C47H83NO7. The van der Waals surface area contributed by atoms with E-state index in [0.717, 1.165) is 115 Å². The highest BCUT2D eigenvalue weighted by molar-refractivity contribution is 5.82. The first kappa shape index (κ1) is 50.4. The number of rotatable bonds is 35. The summed E-state index contributed by atoms with van der Waals surface area (Å²) in [6.45, 7) is 12.2. The summed E-state index contributed by atoms with van der Waals surface area (Å²) in [5.41, 5.74) is 1.14. The van der Waals surface area contributed by atoms with Crippen LogP contribution in [0.3, 0.4) is 0 Å². The summed E-state index contributed by atoms with van der Waals surface area (Å²) in [6, 6.07) is 0. The van der Waals surface area contributed by atoms with Gasteiger partial charge in [0, 0.05) is 12.5 Å². The molecule has 8 heteroatoms. The minimum Gasteiger partial charge on any atom is -0.465 e. The Morgan fingerprint density at radius 3 is 1.73 bits per heavy atom. The molecule has 1 saturated heterocycles. The van der Waals surface area contributed by atoms with Crippen molar-refractivity contribution in [3.63, 3.8) is 0 Å². The number of allylic oxidation sites excluding steroid dienone is 5. The molecule has 0 saturated carbocycles. The van der Waals surface area contributed by atoms with Crippen molar-refractivity contribution >= 4 is 18.1 Å². The Balaban J connectivity index is 2.54. The maximum atomic E-state index is 13.0. The van der Waals surface area contributed by atoms with E-state index in [1.807, 2.05) is 0 Å². The summed E-state index contributed by atoms with van der Waals surface area (Å²) in [4.78, 5) is 40.6. The Labute approximate surface area is 337 Å². The first-order chi connectivity index (χ1) is 26.9. The second-order valence-corrected chi connectivity index (χ2v) is 15.7. The predicted molar refractivity (Wildman–Crippen MR) is 227 cm³/mol. The van der Waals surface area contributed by atoms with E-state index in [9.17, 15) is 14.4 Å². The van der Waals surface area contributed by atoms with Gasteiger partial charge in [-0.3, -0.25) is 4.79 Å². The largest absolute Gasteiger partial charge is 0.508 e. The van der Waals surface area contributed by atoms with Gasteiger partial charge in [0.05, 0.1) is 12.5 Å². The average molecular weight is 774 g/mol. The molecule has 0 radical (unpaired) electrons. The molecule has 55 heavy (non-hydrogen) atoms. The summed E-state index contributed by atoms with van der Waals surface area (Å²) in [5, 5.41) is 0. The maximum Gasteiger partial charge on any atom is 0.508 e. The number of hydrogen-bond acceptors (Lipinski definition) is 8.